The maximum Gasteiger partial charge on any atom is 0.340 e. The van der Waals surface area contributed by atoms with Gasteiger partial charge in [-0.05, 0) is 31.2 Å². The van der Waals surface area contributed by atoms with Crippen molar-refractivity contribution in [1.82, 2.24) is 9.72 Å². The van der Waals surface area contributed by atoms with E-state index >= 15 is 0 Å². The summed E-state index contributed by atoms with van der Waals surface area (Å²) in [6.07, 6.45) is 1.82. The van der Waals surface area contributed by atoms with Gasteiger partial charge in [0.05, 0.1) is 5.56 Å². The number of aromatic nitrogens is 2. The molecule has 2 aromatic heterocycles. The van der Waals surface area contributed by atoms with Crippen LogP contribution < -0.4 is 5.73 Å². The average molecular weight is 369 g/mol. The molecule has 4 N–H and O–H groups in total. The molecule has 0 fully saturated rings. The minimum absolute atomic E-state index is 0.0671. The Labute approximate surface area is 154 Å². The third kappa shape index (κ3) is 3.69. The lowest BCUT2D eigenvalue weighted by Gasteiger charge is -2.00. The summed E-state index contributed by atoms with van der Waals surface area (Å²) in [6.45, 7) is 2.28. The van der Waals surface area contributed by atoms with E-state index in [1.54, 1.807) is 30.3 Å². The van der Waals surface area contributed by atoms with E-state index < -0.39 is 5.97 Å². The summed E-state index contributed by atoms with van der Waals surface area (Å²) in [5, 5.41) is 22.6. The van der Waals surface area contributed by atoms with Gasteiger partial charge in [-0.15, -0.1) is 0 Å². The highest BCUT2D eigenvalue weighted by molar-refractivity contribution is 6.08. The normalized spacial score (nSPS) is 10.9. The van der Waals surface area contributed by atoms with Crippen LogP contribution in [0.15, 0.2) is 41.1 Å². The number of aromatic carboxylic acids is 1. The Balaban J connectivity index is 1.73. The van der Waals surface area contributed by atoms with Crippen molar-refractivity contribution in [3.63, 3.8) is 0 Å². The molecule has 0 spiro atoms. The number of nitrogens with zero attached hydrogens (tertiary/aromatic N) is 2. The Morgan fingerprint density at radius 2 is 1.96 bits per heavy atom. The van der Waals surface area contributed by atoms with Gasteiger partial charge in [0.25, 0.3) is 0 Å². The van der Waals surface area contributed by atoms with Crippen LogP contribution in [0.2, 0.25) is 0 Å². The molecule has 0 aliphatic carbocycles. The summed E-state index contributed by atoms with van der Waals surface area (Å²) in [4.78, 5) is 24.0. The fraction of sp³-hybridized carbons (Fsp3) is 0.211. The number of aryl methyl sites for hydroxylation is 2. The second-order valence-corrected chi connectivity index (χ2v) is 6.04. The molecule has 0 saturated heterocycles. The molecule has 3 rings (SSSR count). The topological polar surface area (TPSA) is 132 Å². The number of hydrogen-bond acceptors (Lipinski definition) is 6. The van der Waals surface area contributed by atoms with E-state index in [-0.39, 0.29) is 41.3 Å². The van der Waals surface area contributed by atoms with E-state index in [2.05, 4.69) is 5.16 Å². The number of aromatic hydroxyl groups is 1. The summed E-state index contributed by atoms with van der Waals surface area (Å²) in [7, 11) is 0. The zero-order valence-corrected chi connectivity index (χ0v) is 14.7. The molecule has 3 aromatic rings. The molecule has 1 aromatic carbocycles. The number of carboxylic acids is 1. The maximum atomic E-state index is 12.5. The number of nitrogen functional groups attached to an aromatic ring is 1. The SMILES string of the molecule is CCn1cc(C(=O)CCc2cc(-c3ccc(O)cc3)no2)c(C(=O)O)c1N. The summed E-state index contributed by atoms with van der Waals surface area (Å²) >= 11 is 0. The molecular weight excluding hydrogens is 350 g/mol. The van der Waals surface area contributed by atoms with Gasteiger partial charge in [-0.3, -0.25) is 4.79 Å². The summed E-state index contributed by atoms with van der Waals surface area (Å²) < 4.78 is 6.79. The van der Waals surface area contributed by atoms with Crippen LogP contribution in [0, 0.1) is 0 Å². The highest BCUT2D eigenvalue weighted by atomic mass is 16.5. The largest absolute Gasteiger partial charge is 0.508 e. The van der Waals surface area contributed by atoms with Crippen LogP contribution in [0.1, 0.15) is 39.8 Å². The first-order chi connectivity index (χ1) is 12.9. The van der Waals surface area contributed by atoms with Crippen molar-refractivity contribution in [2.75, 3.05) is 5.73 Å². The molecule has 0 bridgehead atoms. The fourth-order valence-electron chi connectivity index (χ4n) is 2.84. The van der Waals surface area contributed by atoms with E-state index in [1.807, 2.05) is 6.92 Å². The molecule has 8 heteroatoms. The number of carbonyl (C=O) groups excluding carboxylic acids is 1. The van der Waals surface area contributed by atoms with E-state index in [0.717, 1.165) is 5.56 Å². The number of phenolic OH excluding ortho intramolecular Hbond substituents is 1. The van der Waals surface area contributed by atoms with E-state index in [9.17, 15) is 19.8 Å². The number of ketones is 1. The van der Waals surface area contributed by atoms with Crippen LogP contribution in [0.5, 0.6) is 5.75 Å². The predicted octanol–water partition coefficient (Wildman–Crippen LogP) is 2.96. The smallest absolute Gasteiger partial charge is 0.340 e. The average Bonchev–Trinajstić information content (AvgIpc) is 3.24. The molecule has 0 saturated carbocycles. The number of nitrogens with two attached hydrogens (primary N) is 1. The molecule has 0 atom stereocenters. The summed E-state index contributed by atoms with van der Waals surface area (Å²) in [6, 6.07) is 8.21. The van der Waals surface area contributed by atoms with Gasteiger partial charge >= 0.3 is 5.97 Å². The minimum atomic E-state index is -1.22. The second kappa shape index (κ2) is 7.36. The number of carbonyl (C=O) groups is 2. The van der Waals surface area contributed by atoms with Gasteiger partial charge < -0.3 is 25.0 Å². The number of anilines is 1. The zero-order valence-electron chi connectivity index (χ0n) is 14.7. The Hall–Kier alpha value is -3.55. The highest BCUT2D eigenvalue weighted by Crippen LogP contribution is 2.24. The van der Waals surface area contributed by atoms with E-state index in [1.165, 1.54) is 10.8 Å². The monoisotopic (exact) mass is 369 g/mol. The molecule has 0 unspecified atom stereocenters. The number of Topliss-reactive ketones (excluding diaryl/α,β-unsaturated/α-hetero) is 1. The maximum absolute atomic E-state index is 12.5. The van der Waals surface area contributed by atoms with E-state index in [0.29, 0.717) is 18.0 Å². The molecule has 2 heterocycles. The molecular formula is C19H19N3O5. The first-order valence-corrected chi connectivity index (χ1v) is 8.40. The van der Waals surface area contributed by atoms with Crippen molar-refractivity contribution in [2.24, 2.45) is 0 Å². The van der Waals surface area contributed by atoms with Crippen LogP contribution in [0.3, 0.4) is 0 Å². The Kier molecular flexibility index (Phi) is 4.98. The van der Waals surface area contributed by atoms with Gasteiger partial charge in [0.15, 0.2) is 5.78 Å². The third-order valence-corrected chi connectivity index (χ3v) is 4.30. The van der Waals surface area contributed by atoms with Gasteiger partial charge in [-0.25, -0.2) is 4.79 Å². The van der Waals surface area contributed by atoms with Gasteiger partial charge in [-0.2, -0.15) is 0 Å². The molecule has 0 aliphatic heterocycles. The number of rotatable bonds is 7. The van der Waals surface area contributed by atoms with Crippen LogP contribution in [0.25, 0.3) is 11.3 Å². The minimum Gasteiger partial charge on any atom is -0.508 e. The van der Waals surface area contributed by atoms with Crippen LogP contribution in [-0.2, 0) is 13.0 Å². The van der Waals surface area contributed by atoms with E-state index in [4.69, 9.17) is 10.3 Å². The quantitative estimate of drug-likeness (QED) is 0.545. The number of carboxylic acid groups (broad SMARTS) is 1. The molecule has 8 nitrogen and oxygen atoms in total. The van der Waals surface area contributed by atoms with Gasteiger partial charge in [0, 0.05) is 37.2 Å². The summed E-state index contributed by atoms with van der Waals surface area (Å²) in [5.41, 5.74) is 7.12. The van der Waals surface area contributed by atoms with Gasteiger partial charge in [0.1, 0.15) is 28.6 Å². The second-order valence-electron chi connectivity index (χ2n) is 6.04. The molecule has 140 valence electrons. The lowest BCUT2D eigenvalue weighted by atomic mass is 10.0. The van der Waals surface area contributed by atoms with Crippen LogP contribution >= 0.6 is 0 Å². The molecule has 0 radical (unpaired) electrons. The first-order valence-electron chi connectivity index (χ1n) is 8.40. The van der Waals surface area contributed by atoms with Gasteiger partial charge in [0.2, 0.25) is 0 Å². The third-order valence-electron chi connectivity index (χ3n) is 4.30. The van der Waals surface area contributed by atoms with Crippen LogP contribution in [0.4, 0.5) is 5.82 Å². The zero-order chi connectivity index (χ0) is 19.6. The van der Waals surface area contributed by atoms with Crippen molar-refractivity contribution >= 4 is 17.6 Å². The Morgan fingerprint density at radius 1 is 1.26 bits per heavy atom. The molecule has 27 heavy (non-hydrogen) atoms. The van der Waals surface area contributed by atoms with Crippen molar-refractivity contribution in [3.05, 3.63) is 53.4 Å². The van der Waals surface area contributed by atoms with Crippen molar-refractivity contribution < 1.29 is 24.3 Å². The lowest BCUT2D eigenvalue weighted by molar-refractivity contribution is 0.0693. The molecule has 0 amide bonds. The Bertz CT molecular complexity index is 985. The molecule has 0 aliphatic rings. The van der Waals surface area contributed by atoms with Gasteiger partial charge in [-0.1, -0.05) is 5.16 Å². The van der Waals surface area contributed by atoms with Crippen molar-refractivity contribution in [2.45, 2.75) is 26.3 Å². The number of benzene rings is 1. The number of phenols is 1. The standard InChI is InChI=1S/C19H19N3O5/c1-2-22-10-14(17(18(22)20)19(25)26)16(24)8-7-13-9-15(21-27-13)11-3-5-12(23)6-4-11/h3-6,9-10,23H,2,7-8,20H2,1H3,(H,25,26). The summed E-state index contributed by atoms with van der Waals surface area (Å²) in [5.74, 6) is -0.819. The van der Waals surface area contributed by atoms with Crippen molar-refractivity contribution in [1.29, 1.82) is 0 Å². The lowest BCUT2D eigenvalue weighted by Crippen LogP contribution is -2.09. The Morgan fingerprint density at radius 3 is 2.59 bits per heavy atom. The first kappa shape index (κ1) is 18.2. The number of hydrogen-bond donors (Lipinski definition) is 3. The van der Waals surface area contributed by atoms with Crippen molar-refractivity contribution in [3.8, 4) is 17.0 Å². The highest BCUT2D eigenvalue weighted by Gasteiger charge is 2.24. The fourth-order valence-corrected chi connectivity index (χ4v) is 2.84. The predicted molar refractivity (Wildman–Crippen MR) is 97.7 cm³/mol. The van der Waals surface area contributed by atoms with Crippen LogP contribution in [-0.4, -0.2) is 31.7 Å².